The van der Waals surface area contributed by atoms with Crippen LogP contribution in [0.4, 0.5) is 5.69 Å². The van der Waals surface area contributed by atoms with Gasteiger partial charge in [-0.3, -0.25) is 4.79 Å². The zero-order valence-corrected chi connectivity index (χ0v) is 18.0. The molecule has 1 atom stereocenters. The molecule has 0 aliphatic rings. The van der Waals surface area contributed by atoms with Crippen LogP contribution in [0.3, 0.4) is 0 Å². The lowest BCUT2D eigenvalue weighted by molar-refractivity contribution is -0.113. The maximum atomic E-state index is 12.3. The summed E-state index contributed by atoms with van der Waals surface area (Å²) < 4.78 is 8.03. The van der Waals surface area contributed by atoms with Crippen molar-refractivity contribution in [3.63, 3.8) is 0 Å². The van der Waals surface area contributed by atoms with E-state index < -0.39 is 0 Å². The highest BCUT2D eigenvalue weighted by Gasteiger charge is 2.20. The predicted octanol–water partition coefficient (Wildman–Crippen LogP) is 4.53. The van der Waals surface area contributed by atoms with Crippen molar-refractivity contribution in [2.45, 2.75) is 38.6 Å². The smallest absolute Gasteiger partial charge is 0.234 e. The molecule has 0 radical (unpaired) electrons. The van der Waals surface area contributed by atoms with Gasteiger partial charge in [0.15, 0.2) is 22.2 Å². The quantitative estimate of drug-likeness (QED) is 0.417. The fourth-order valence-electron chi connectivity index (χ4n) is 2.73. The van der Waals surface area contributed by atoms with Gasteiger partial charge in [0.05, 0.1) is 11.4 Å². The van der Waals surface area contributed by atoms with E-state index in [1.807, 2.05) is 49.6 Å². The number of hydrogen-bond donors (Lipinski definition) is 1. The Balaban J connectivity index is 1.65. The molecule has 0 fully saturated rings. The van der Waals surface area contributed by atoms with Crippen molar-refractivity contribution in [1.29, 1.82) is 0 Å². The van der Waals surface area contributed by atoms with Crippen molar-refractivity contribution in [1.82, 2.24) is 19.7 Å². The number of amides is 1. The van der Waals surface area contributed by atoms with Gasteiger partial charge in [-0.25, -0.2) is 4.98 Å². The van der Waals surface area contributed by atoms with Crippen LogP contribution >= 0.6 is 23.4 Å². The zero-order chi connectivity index (χ0) is 20.8. The molecule has 1 aromatic carbocycles. The van der Waals surface area contributed by atoms with Gasteiger partial charge in [0.25, 0.3) is 0 Å². The summed E-state index contributed by atoms with van der Waals surface area (Å²) >= 11 is 7.29. The molecule has 0 bridgehead atoms. The molecule has 0 aliphatic heterocycles. The topological polar surface area (TPSA) is 81.9 Å². The number of nitrogens with zero attached hydrogens (tertiary/aromatic N) is 4. The minimum atomic E-state index is -0.277. The molecule has 3 rings (SSSR count). The van der Waals surface area contributed by atoms with Gasteiger partial charge >= 0.3 is 0 Å². The number of thioether (sulfide) groups is 1. The van der Waals surface area contributed by atoms with Crippen molar-refractivity contribution in [2.24, 2.45) is 0 Å². The van der Waals surface area contributed by atoms with E-state index in [-0.39, 0.29) is 22.9 Å². The number of para-hydroxylation sites is 1. The molecule has 3 aromatic rings. The number of carbonyl (C=O) groups excluding carboxylic acids is 1. The number of hydrogen-bond acceptors (Lipinski definition) is 6. The molecule has 1 N–H and O–H groups in total. The van der Waals surface area contributed by atoms with Crippen LogP contribution in [0.15, 0.2) is 47.8 Å². The van der Waals surface area contributed by atoms with Crippen LogP contribution in [0.5, 0.6) is 5.75 Å². The zero-order valence-electron chi connectivity index (χ0n) is 16.4. The molecule has 7 nitrogen and oxygen atoms in total. The summed E-state index contributed by atoms with van der Waals surface area (Å²) in [6.07, 6.45) is 1.29. The van der Waals surface area contributed by atoms with Crippen LogP contribution in [0.1, 0.15) is 31.3 Å². The van der Waals surface area contributed by atoms with Crippen LogP contribution < -0.4 is 10.1 Å². The highest BCUT2D eigenvalue weighted by atomic mass is 35.5. The maximum absolute atomic E-state index is 12.3. The highest BCUT2D eigenvalue weighted by molar-refractivity contribution is 7.99. The van der Waals surface area contributed by atoms with Crippen molar-refractivity contribution in [3.8, 4) is 5.75 Å². The molecule has 2 aromatic heterocycles. The number of anilines is 1. The molecule has 1 unspecified atom stereocenters. The minimum Gasteiger partial charge on any atom is -0.482 e. The van der Waals surface area contributed by atoms with Gasteiger partial charge in [-0.1, -0.05) is 41.6 Å². The van der Waals surface area contributed by atoms with E-state index in [2.05, 4.69) is 20.5 Å². The number of benzene rings is 1. The highest BCUT2D eigenvalue weighted by Crippen LogP contribution is 2.26. The maximum Gasteiger partial charge on any atom is 0.234 e. The standard InChI is InChI=1S/C20H22ClN5O2S/c1-4-26-19(14(3)28-16-10-6-5-8-13(16)2)24-25-20(26)29-12-17(27)23-15-9-7-11-22-18(15)21/h5-11,14H,4,12H2,1-3H3,(H,23,27). The Morgan fingerprint density at radius 3 is 2.79 bits per heavy atom. The third-order valence-corrected chi connectivity index (χ3v) is 5.46. The van der Waals surface area contributed by atoms with E-state index in [0.717, 1.165) is 11.3 Å². The molecular formula is C20H22ClN5O2S. The average molecular weight is 432 g/mol. The van der Waals surface area contributed by atoms with Crippen LogP contribution in [-0.4, -0.2) is 31.4 Å². The Bertz CT molecular complexity index is 995. The first-order chi connectivity index (χ1) is 14.0. The van der Waals surface area contributed by atoms with Crippen molar-refractivity contribution < 1.29 is 9.53 Å². The largest absolute Gasteiger partial charge is 0.482 e. The van der Waals surface area contributed by atoms with Gasteiger partial charge in [-0.05, 0) is 44.5 Å². The third kappa shape index (κ3) is 5.27. The Morgan fingerprint density at radius 1 is 1.28 bits per heavy atom. The molecule has 2 heterocycles. The number of aryl methyl sites for hydroxylation is 1. The summed E-state index contributed by atoms with van der Waals surface area (Å²) in [4.78, 5) is 16.2. The molecule has 0 spiro atoms. The van der Waals surface area contributed by atoms with Gasteiger partial charge in [-0.15, -0.1) is 10.2 Å². The first kappa shape index (κ1) is 21.1. The van der Waals surface area contributed by atoms with Gasteiger partial charge < -0.3 is 14.6 Å². The lowest BCUT2D eigenvalue weighted by Crippen LogP contribution is -2.16. The number of pyridine rings is 1. The van der Waals surface area contributed by atoms with Gasteiger partial charge in [0.1, 0.15) is 5.75 Å². The molecule has 0 saturated heterocycles. The van der Waals surface area contributed by atoms with Crippen LogP contribution in [0.25, 0.3) is 0 Å². The number of ether oxygens (including phenoxy) is 1. The molecule has 1 amide bonds. The molecule has 0 saturated carbocycles. The van der Waals surface area contributed by atoms with Crippen molar-refractivity contribution in [2.75, 3.05) is 11.1 Å². The number of nitrogens with one attached hydrogen (secondary N) is 1. The first-order valence-electron chi connectivity index (χ1n) is 9.18. The minimum absolute atomic E-state index is 0.177. The van der Waals surface area contributed by atoms with E-state index in [1.165, 1.54) is 11.8 Å². The molecule has 29 heavy (non-hydrogen) atoms. The molecule has 152 valence electrons. The van der Waals surface area contributed by atoms with Crippen molar-refractivity contribution >= 4 is 35.0 Å². The second-order valence-electron chi connectivity index (χ2n) is 6.29. The summed E-state index contributed by atoms with van der Waals surface area (Å²) in [6.45, 7) is 6.62. The van der Waals surface area contributed by atoms with E-state index in [0.29, 0.717) is 23.2 Å². The SMILES string of the molecule is CCn1c(SCC(=O)Nc2cccnc2Cl)nnc1C(C)Oc1ccccc1C. The van der Waals surface area contributed by atoms with Crippen molar-refractivity contribution in [3.05, 3.63) is 59.1 Å². The van der Waals surface area contributed by atoms with Crippen LogP contribution in [0.2, 0.25) is 5.15 Å². The molecular weight excluding hydrogens is 410 g/mol. The second-order valence-corrected chi connectivity index (χ2v) is 7.59. The second kappa shape index (κ2) is 9.76. The Labute approximate surface area is 178 Å². The Morgan fingerprint density at radius 2 is 2.07 bits per heavy atom. The number of aromatic nitrogens is 4. The van der Waals surface area contributed by atoms with Crippen LogP contribution in [-0.2, 0) is 11.3 Å². The van der Waals surface area contributed by atoms with E-state index in [1.54, 1.807) is 18.3 Å². The predicted molar refractivity (Wildman–Crippen MR) is 115 cm³/mol. The summed E-state index contributed by atoms with van der Waals surface area (Å²) in [5.41, 5.74) is 1.54. The normalized spacial score (nSPS) is 11.9. The average Bonchev–Trinajstić information content (AvgIpc) is 3.13. The summed E-state index contributed by atoms with van der Waals surface area (Å²) in [5.74, 6) is 1.51. The molecule has 0 aliphatic carbocycles. The Kier molecular flexibility index (Phi) is 7.11. The number of carbonyl (C=O) groups is 1. The lowest BCUT2D eigenvalue weighted by atomic mass is 10.2. The Hall–Kier alpha value is -2.58. The number of rotatable bonds is 8. The summed E-state index contributed by atoms with van der Waals surface area (Å²) in [5, 5.41) is 12.2. The fourth-order valence-corrected chi connectivity index (χ4v) is 3.71. The van der Waals surface area contributed by atoms with E-state index in [4.69, 9.17) is 16.3 Å². The summed E-state index contributed by atoms with van der Waals surface area (Å²) in [6, 6.07) is 11.3. The first-order valence-corrected chi connectivity index (χ1v) is 10.5. The van der Waals surface area contributed by atoms with Gasteiger partial charge in [0, 0.05) is 12.7 Å². The third-order valence-electron chi connectivity index (χ3n) is 4.19. The van der Waals surface area contributed by atoms with E-state index >= 15 is 0 Å². The van der Waals surface area contributed by atoms with E-state index in [9.17, 15) is 4.79 Å². The number of halogens is 1. The summed E-state index contributed by atoms with van der Waals surface area (Å²) in [7, 11) is 0. The lowest BCUT2D eigenvalue weighted by Gasteiger charge is -2.17. The monoisotopic (exact) mass is 431 g/mol. The van der Waals surface area contributed by atoms with Gasteiger partial charge in [0.2, 0.25) is 5.91 Å². The van der Waals surface area contributed by atoms with Gasteiger partial charge in [-0.2, -0.15) is 0 Å². The fraction of sp³-hybridized carbons (Fsp3) is 0.300. The van der Waals surface area contributed by atoms with Crippen LogP contribution in [0, 0.1) is 6.92 Å². The molecule has 9 heteroatoms.